The fourth-order valence-corrected chi connectivity index (χ4v) is 2.80. The molecule has 0 spiro atoms. The third kappa shape index (κ3) is 4.22. The second kappa shape index (κ2) is 7.45. The van der Waals surface area contributed by atoms with Crippen molar-refractivity contribution in [2.24, 2.45) is 0 Å². The van der Waals surface area contributed by atoms with Crippen LogP contribution in [0.3, 0.4) is 0 Å². The van der Waals surface area contributed by atoms with Crippen LogP contribution < -0.4 is 14.8 Å². The zero-order chi connectivity index (χ0) is 18.7. The molecule has 4 nitrogen and oxygen atoms in total. The van der Waals surface area contributed by atoms with E-state index < -0.39 is 17.6 Å². The first kappa shape index (κ1) is 18.4. The Morgan fingerprint density at radius 3 is 2.69 bits per heavy atom. The summed E-state index contributed by atoms with van der Waals surface area (Å²) in [5, 5.41) is 2.94. The van der Waals surface area contributed by atoms with E-state index in [2.05, 4.69) is 5.32 Å². The standard InChI is InChI=1S/C18H15ClF3NO3/c19-14-7-11(8-15-16(14)26-6-2-5-25-15)10-23-17(24)12-3-1-4-13(9-12)18(20,21)22/h1,3-4,7-9H,2,5-6,10H2,(H,23,24). The van der Waals surface area contributed by atoms with Gasteiger partial charge in [-0.25, -0.2) is 0 Å². The van der Waals surface area contributed by atoms with Crippen molar-refractivity contribution in [2.45, 2.75) is 19.1 Å². The Morgan fingerprint density at radius 1 is 1.15 bits per heavy atom. The van der Waals surface area contributed by atoms with Crippen molar-refractivity contribution in [3.05, 3.63) is 58.1 Å². The first-order valence-electron chi connectivity index (χ1n) is 7.88. The average molecular weight is 386 g/mol. The lowest BCUT2D eigenvalue weighted by Gasteiger charge is -2.13. The number of ether oxygens (including phenoxy) is 2. The molecule has 26 heavy (non-hydrogen) atoms. The quantitative estimate of drug-likeness (QED) is 0.849. The van der Waals surface area contributed by atoms with E-state index in [0.29, 0.717) is 35.3 Å². The van der Waals surface area contributed by atoms with Crippen LogP contribution in [0.15, 0.2) is 36.4 Å². The number of carbonyl (C=O) groups is 1. The zero-order valence-corrected chi connectivity index (χ0v) is 14.3. The Balaban J connectivity index is 1.72. The highest BCUT2D eigenvalue weighted by molar-refractivity contribution is 6.32. The smallest absolute Gasteiger partial charge is 0.416 e. The molecule has 0 aliphatic carbocycles. The highest BCUT2D eigenvalue weighted by Crippen LogP contribution is 2.38. The van der Waals surface area contributed by atoms with E-state index >= 15 is 0 Å². The van der Waals surface area contributed by atoms with Crippen LogP contribution in [-0.4, -0.2) is 19.1 Å². The van der Waals surface area contributed by atoms with Gasteiger partial charge < -0.3 is 14.8 Å². The molecule has 0 bridgehead atoms. The molecular weight excluding hydrogens is 371 g/mol. The SMILES string of the molecule is O=C(NCc1cc(Cl)c2c(c1)OCCCO2)c1cccc(C(F)(F)F)c1. The van der Waals surface area contributed by atoms with Gasteiger partial charge >= 0.3 is 6.18 Å². The van der Waals surface area contributed by atoms with Gasteiger partial charge in [0, 0.05) is 18.5 Å². The van der Waals surface area contributed by atoms with Gasteiger partial charge in [-0.05, 0) is 35.9 Å². The average Bonchev–Trinajstić information content (AvgIpc) is 2.85. The van der Waals surface area contributed by atoms with Gasteiger partial charge in [0.15, 0.2) is 11.5 Å². The van der Waals surface area contributed by atoms with E-state index in [-0.39, 0.29) is 12.1 Å². The predicted molar refractivity (Wildman–Crippen MR) is 89.7 cm³/mol. The molecule has 0 atom stereocenters. The number of halogens is 4. The molecule has 1 aliphatic heterocycles. The number of benzene rings is 2. The minimum atomic E-state index is -4.50. The molecule has 8 heteroatoms. The topological polar surface area (TPSA) is 47.6 Å². The van der Waals surface area contributed by atoms with Gasteiger partial charge in [0.25, 0.3) is 5.91 Å². The number of amides is 1. The van der Waals surface area contributed by atoms with E-state index in [9.17, 15) is 18.0 Å². The van der Waals surface area contributed by atoms with Gasteiger partial charge in [0.05, 0.1) is 23.8 Å². The zero-order valence-electron chi connectivity index (χ0n) is 13.5. The van der Waals surface area contributed by atoms with Gasteiger partial charge in [-0.2, -0.15) is 13.2 Å². The van der Waals surface area contributed by atoms with Crippen LogP contribution >= 0.6 is 11.6 Å². The number of alkyl halides is 3. The third-order valence-electron chi connectivity index (χ3n) is 3.77. The molecule has 138 valence electrons. The van der Waals surface area contributed by atoms with Crippen LogP contribution in [-0.2, 0) is 12.7 Å². The molecular formula is C18H15ClF3NO3. The van der Waals surface area contributed by atoms with Gasteiger partial charge in [-0.15, -0.1) is 0 Å². The summed E-state index contributed by atoms with van der Waals surface area (Å²) in [7, 11) is 0. The van der Waals surface area contributed by atoms with Crippen molar-refractivity contribution in [2.75, 3.05) is 13.2 Å². The van der Waals surface area contributed by atoms with Crippen molar-refractivity contribution in [3.63, 3.8) is 0 Å². The Labute approximate surface area is 152 Å². The lowest BCUT2D eigenvalue weighted by atomic mass is 10.1. The number of nitrogens with one attached hydrogen (secondary N) is 1. The molecule has 1 N–H and O–H groups in total. The summed E-state index contributed by atoms with van der Waals surface area (Å²) in [5.74, 6) is 0.328. The van der Waals surface area contributed by atoms with Crippen LogP contribution in [0.1, 0.15) is 27.9 Å². The summed E-state index contributed by atoms with van der Waals surface area (Å²) < 4.78 is 49.3. The molecule has 0 fully saturated rings. The van der Waals surface area contributed by atoms with Gasteiger partial charge in [-0.3, -0.25) is 4.79 Å². The molecule has 3 rings (SSSR count). The fraction of sp³-hybridized carbons (Fsp3) is 0.278. The van der Waals surface area contributed by atoms with Crippen molar-refractivity contribution in [1.82, 2.24) is 5.32 Å². The van der Waals surface area contributed by atoms with Gasteiger partial charge in [0.1, 0.15) is 0 Å². The largest absolute Gasteiger partial charge is 0.489 e. The number of hydrogen-bond acceptors (Lipinski definition) is 3. The first-order valence-corrected chi connectivity index (χ1v) is 8.26. The summed E-state index contributed by atoms with van der Waals surface area (Å²) >= 11 is 6.18. The Kier molecular flexibility index (Phi) is 5.27. The molecule has 2 aromatic rings. The lowest BCUT2D eigenvalue weighted by molar-refractivity contribution is -0.137. The molecule has 1 heterocycles. The number of fused-ring (bicyclic) bond motifs is 1. The molecule has 0 saturated carbocycles. The van der Waals surface area contributed by atoms with Crippen molar-refractivity contribution in [1.29, 1.82) is 0 Å². The van der Waals surface area contributed by atoms with E-state index in [1.54, 1.807) is 12.1 Å². The Hall–Kier alpha value is -2.41. The van der Waals surface area contributed by atoms with Gasteiger partial charge in [0.2, 0.25) is 0 Å². The first-order chi connectivity index (χ1) is 12.3. The molecule has 0 saturated heterocycles. The number of hydrogen-bond donors (Lipinski definition) is 1. The van der Waals surface area contributed by atoms with Crippen molar-refractivity contribution < 1.29 is 27.4 Å². The lowest BCUT2D eigenvalue weighted by Crippen LogP contribution is -2.23. The molecule has 1 aliphatic rings. The highest BCUT2D eigenvalue weighted by Gasteiger charge is 2.30. The fourth-order valence-electron chi connectivity index (χ4n) is 2.51. The Morgan fingerprint density at radius 2 is 1.92 bits per heavy atom. The van der Waals surface area contributed by atoms with Crippen LogP contribution in [0.4, 0.5) is 13.2 Å². The summed E-state index contributed by atoms with van der Waals surface area (Å²) in [4.78, 5) is 12.2. The van der Waals surface area contributed by atoms with E-state index in [4.69, 9.17) is 21.1 Å². The molecule has 0 unspecified atom stereocenters. The van der Waals surface area contributed by atoms with E-state index in [1.165, 1.54) is 12.1 Å². The van der Waals surface area contributed by atoms with Crippen molar-refractivity contribution in [3.8, 4) is 11.5 Å². The van der Waals surface area contributed by atoms with Crippen LogP contribution in [0.5, 0.6) is 11.5 Å². The maximum Gasteiger partial charge on any atom is 0.416 e. The maximum absolute atomic E-state index is 12.7. The second-order valence-electron chi connectivity index (χ2n) is 5.72. The predicted octanol–water partition coefficient (Wildman–Crippen LogP) is 4.45. The van der Waals surface area contributed by atoms with Crippen LogP contribution in [0, 0.1) is 0 Å². The normalized spacial score (nSPS) is 13.8. The number of rotatable bonds is 3. The van der Waals surface area contributed by atoms with Crippen LogP contribution in [0.2, 0.25) is 5.02 Å². The third-order valence-corrected chi connectivity index (χ3v) is 4.05. The van der Waals surface area contributed by atoms with E-state index in [0.717, 1.165) is 18.6 Å². The van der Waals surface area contributed by atoms with Crippen molar-refractivity contribution >= 4 is 17.5 Å². The molecule has 1 amide bonds. The second-order valence-corrected chi connectivity index (χ2v) is 6.12. The summed E-state index contributed by atoms with van der Waals surface area (Å²) in [6, 6.07) is 7.57. The molecule has 2 aromatic carbocycles. The van der Waals surface area contributed by atoms with Gasteiger partial charge in [-0.1, -0.05) is 17.7 Å². The highest BCUT2D eigenvalue weighted by atomic mass is 35.5. The van der Waals surface area contributed by atoms with Crippen LogP contribution in [0.25, 0.3) is 0 Å². The minimum Gasteiger partial charge on any atom is -0.489 e. The summed E-state index contributed by atoms with van der Waals surface area (Å²) in [6.45, 7) is 1.08. The molecule has 0 radical (unpaired) electrons. The maximum atomic E-state index is 12.7. The summed E-state index contributed by atoms with van der Waals surface area (Å²) in [5.41, 5.74) is -0.288. The van der Waals surface area contributed by atoms with E-state index in [1.807, 2.05) is 0 Å². The molecule has 0 aromatic heterocycles. The number of carbonyl (C=O) groups excluding carboxylic acids is 1. The minimum absolute atomic E-state index is 0.0692. The monoisotopic (exact) mass is 385 g/mol. The summed E-state index contributed by atoms with van der Waals surface area (Å²) in [6.07, 6.45) is -3.77. The Bertz CT molecular complexity index is 824.